The summed E-state index contributed by atoms with van der Waals surface area (Å²) in [6.45, 7) is 5.92. The molecule has 0 aliphatic heterocycles. The molecule has 7 heteroatoms. The third-order valence-electron chi connectivity index (χ3n) is 4.05. The molecule has 0 unspecified atom stereocenters. The summed E-state index contributed by atoms with van der Waals surface area (Å²) in [7, 11) is 0. The van der Waals surface area contributed by atoms with Crippen LogP contribution in [0.5, 0.6) is 0 Å². The molecular weight excluding hydrogens is 370 g/mol. The number of carbonyl (C=O) groups is 1. The van der Waals surface area contributed by atoms with E-state index in [0.717, 1.165) is 32.7 Å². The maximum absolute atomic E-state index is 12.2. The van der Waals surface area contributed by atoms with Crippen molar-refractivity contribution < 1.29 is 4.79 Å². The van der Waals surface area contributed by atoms with Crippen LogP contribution in [0.2, 0.25) is 0 Å². The zero-order valence-electron chi connectivity index (χ0n) is 13.8. The molecule has 1 N–H and O–H groups in total. The van der Waals surface area contributed by atoms with Crippen LogP contribution >= 0.6 is 15.9 Å². The molecular formula is C17H18BrN5O. The summed E-state index contributed by atoms with van der Waals surface area (Å²) in [5.41, 5.74) is 4.82. The molecule has 6 nitrogen and oxygen atoms in total. The normalized spacial score (nSPS) is 11.0. The number of fused-ring (bicyclic) bond motifs is 1. The first-order valence-corrected chi connectivity index (χ1v) is 8.47. The van der Waals surface area contributed by atoms with Crippen LogP contribution < -0.4 is 5.32 Å². The molecule has 0 spiro atoms. The molecule has 2 heterocycles. The number of aromatic nitrogens is 4. The molecule has 0 atom stereocenters. The minimum atomic E-state index is -0.0248. The second-order valence-electron chi connectivity index (χ2n) is 5.75. The minimum Gasteiger partial charge on any atom is -0.326 e. The Labute approximate surface area is 148 Å². The van der Waals surface area contributed by atoms with Crippen LogP contribution in [0.25, 0.3) is 5.78 Å². The fourth-order valence-corrected chi connectivity index (χ4v) is 3.03. The Balaban J connectivity index is 1.71. The van der Waals surface area contributed by atoms with Crippen molar-refractivity contribution >= 4 is 33.3 Å². The SMILES string of the molecule is Cc1ccc(NC(=O)CCc2c(C)nc3ncnn3c2C)cc1Br. The van der Waals surface area contributed by atoms with Crippen molar-refractivity contribution in [2.24, 2.45) is 0 Å². The highest BCUT2D eigenvalue weighted by Crippen LogP contribution is 2.21. The molecule has 2 aromatic heterocycles. The third-order valence-corrected chi connectivity index (χ3v) is 4.90. The quantitative estimate of drug-likeness (QED) is 0.744. The van der Waals surface area contributed by atoms with E-state index in [4.69, 9.17) is 0 Å². The third kappa shape index (κ3) is 3.31. The first-order valence-electron chi connectivity index (χ1n) is 7.67. The largest absolute Gasteiger partial charge is 0.326 e. The number of anilines is 1. The van der Waals surface area contributed by atoms with Crippen LogP contribution in [0.15, 0.2) is 29.0 Å². The van der Waals surface area contributed by atoms with Crippen molar-refractivity contribution in [3.8, 4) is 0 Å². The number of rotatable bonds is 4. The van der Waals surface area contributed by atoms with Gasteiger partial charge in [-0.05, 0) is 50.5 Å². The number of hydrogen-bond donors (Lipinski definition) is 1. The van der Waals surface area contributed by atoms with Gasteiger partial charge in [-0.3, -0.25) is 4.79 Å². The molecule has 0 saturated heterocycles. The Morgan fingerprint density at radius 2 is 2.08 bits per heavy atom. The van der Waals surface area contributed by atoms with Crippen LogP contribution in [-0.2, 0) is 11.2 Å². The van der Waals surface area contributed by atoms with Crippen LogP contribution in [0, 0.1) is 20.8 Å². The van der Waals surface area contributed by atoms with Gasteiger partial charge in [0.2, 0.25) is 5.91 Å². The van der Waals surface area contributed by atoms with E-state index in [1.54, 1.807) is 4.52 Å². The van der Waals surface area contributed by atoms with E-state index in [9.17, 15) is 4.79 Å². The number of amides is 1. The van der Waals surface area contributed by atoms with Gasteiger partial charge in [-0.2, -0.15) is 10.1 Å². The number of halogens is 1. The van der Waals surface area contributed by atoms with E-state index in [1.807, 2.05) is 39.0 Å². The molecule has 0 radical (unpaired) electrons. The zero-order chi connectivity index (χ0) is 17.3. The molecule has 24 heavy (non-hydrogen) atoms. The lowest BCUT2D eigenvalue weighted by Gasteiger charge is -2.11. The van der Waals surface area contributed by atoms with E-state index in [0.29, 0.717) is 18.6 Å². The summed E-state index contributed by atoms with van der Waals surface area (Å²) in [5, 5.41) is 7.10. The molecule has 3 aromatic rings. The Morgan fingerprint density at radius 3 is 2.83 bits per heavy atom. The highest BCUT2D eigenvalue weighted by molar-refractivity contribution is 9.10. The molecule has 3 rings (SSSR count). The lowest BCUT2D eigenvalue weighted by atomic mass is 10.1. The molecule has 0 fully saturated rings. The van der Waals surface area contributed by atoms with Crippen molar-refractivity contribution in [1.82, 2.24) is 19.6 Å². The molecule has 1 aromatic carbocycles. The van der Waals surface area contributed by atoms with E-state index < -0.39 is 0 Å². The van der Waals surface area contributed by atoms with E-state index in [-0.39, 0.29) is 5.91 Å². The topological polar surface area (TPSA) is 72.2 Å². The number of benzene rings is 1. The van der Waals surface area contributed by atoms with Crippen LogP contribution in [0.4, 0.5) is 5.69 Å². The van der Waals surface area contributed by atoms with Crippen molar-refractivity contribution in [2.75, 3.05) is 5.32 Å². The van der Waals surface area contributed by atoms with Crippen molar-refractivity contribution in [2.45, 2.75) is 33.6 Å². The van der Waals surface area contributed by atoms with Gasteiger partial charge in [-0.25, -0.2) is 9.50 Å². The monoisotopic (exact) mass is 387 g/mol. The van der Waals surface area contributed by atoms with Gasteiger partial charge in [0.05, 0.1) is 0 Å². The van der Waals surface area contributed by atoms with Crippen LogP contribution in [0.3, 0.4) is 0 Å². The number of aryl methyl sites for hydroxylation is 3. The van der Waals surface area contributed by atoms with Gasteiger partial charge in [0.25, 0.3) is 5.78 Å². The van der Waals surface area contributed by atoms with Gasteiger partial charge in [0, 0.05) is 28.0 Å². The summed E-state index contributed by atoms with van der Waals surface area (Å²) in [5.74, 6) is 0.561. The smallest absolute Gasteiger partial charge is 0.252 e. The highest BCUT2D eigenvalue weighted by Gasteiger charge is 2.12. The lowest BCUT2D eigenvalue weighted by Crippen LogP contribution is -2.14. The fraction of sp³-hybridized carbons (Fsp3) is 0.294. The summed E-state index contributed by atoms with van der Waals surface area (Å²) >= 11 is 3.47. The first-order chi connectivity index (χ1) is 11.5. The number of hydrogen-bond acceptors (Lipinski definition) is 4. The average molecular weight is 388 g/mol. The zero-order valence-corrected chi connectivity index (χ0v) is 15.4. The number of carbonyl (C=O) groups excluding carboxylic acids is 1. The maximum atomic E-state index is 12.2. The van der Waals surface area contributed by atoms with E-state index in [1.165, 1.54) is 6.33 Å². The van der Waals surface area contributed by atoms with Crippen molar-refractivity contribution in [1.29, 1.82) is 0 Å². The minimum absolute atomic E-state index is 0.0248. The summed E-state index contributed by atoms with van der Waals surface area (Å²) in [6.07, 6.45) is 2.48. The predicted octanol–water partition coefficient (Wildman–Crippen LogP) is 3.38. The lowest BCUT2D eigenvalue weighted by molar-refractivity contribution is -0.116. The summed E-state index contributed by atoms with van der Waals surface area (Å²) in [4.78, 5) is 20.8. The predicted molar refractivity (Wildman–Crippen MR) is 96.1 cm³/mol. The van der Waals surface area contributed by atoms with Gasteiger partial charge >= 0.3 is 0 Å². The van der Waals surface area contributed by atoms with Gasteiger partial charge in [0.15, 0.2) is 0 Å². The van der Waals surface area contributed by atoms with Gasteiger partial charge in [0.1, 0.15) is 6.33 Å². The molecule has 0 saturated carbocycles. The van der Waals surface area contributed by atoms with E-state index in [2.05, 4.69) is 36.3 Å². The Hall–Kier alpha value is -2.28. The van der Waals surface area contributed by atoms with Crippen LogP contribution in [0.1, 0.15) is 28.9 Å². The molecule has 124 valence electrons. The van der Waals surface area contributed by atoms with E-state index >= 15 is 0 Å². The fourth-order valence-electron chi connectivity index (χ4n) is 2.65. The first kappa shape index (κ1) is 16.6. The molecule has 1 amide bonds. The average Bonchev–Trinajstić information content (AvgIpc) is 2.99. The highest BCUT2D eigenvalue weighted by atomic mass is 79.9. The van der Waals surface area contributed by atoms with Crippen molar-refractivity contribution in [3.05, 3.63) is 51.5 Å². The second kappa shape index (κ2) is 6.68. The van der Waals surface area contributed by atoms with Gasteiger partial charge in [-0.15, -0.1) is 0 Å². The molecule has 0 aliphatic carbocycles. The van der Waals surface area contributed by atoms with Gasteiger partial charge < -0.3 is 5.32 Å². The number of nitrogens with one attached hydrogen (secondary N) is 1. The Morgan fingerprint density at radius 1 is 1.29 bits per heavy atom. The second-order valence-corrected chi connectivity index (χ2v) is 6.60. The molecule has 0 bridgehead atoms. The van der Waals surface area contributed by atoms with Crippen molar-refractivity contribution in [3.63, 3.8) is 0 Å². The Kier molecular flexibility index (Phi) is 4.62. The molecule has 0 aliphatic rings. The van der Waals surface area contributed by atoms with Crippen LogP contribution in [-0.4, -0.2) is 25.5 Å². The Bertz CT molecular complexity index is 919. The number of nitrogens with zero attached hydrogens (tertiary/aromatic N) is 4. The van der Waals surface area contributed by atoms with Gasteiger partial charge in [-0.1, -0.05) is 22.0 Å². The maximum Gasteiger partial charge on any atom is 0.252 e. The standard InChI is InChI=1S/C17H18BrN5O/c1-10-4-5-13(8-15(10)18)22-16(24)7-6-14-11(2)21-17-19-9-20-23(17)12(14)3/h4-5,8-9H,6-7H2,1-3H3,(H,22,24). The summed E-state index contributed by atoms with van der Waals surface area (Å²) in [6, 6.07) is 5.78. The summed E-state index contributed by atoms with van der Waals surface area (Å²) < 4.78 is 2.69.